The molecule has 6 rings (SSSR count). The molecule has 0 bridgehead atoms. The van der Waals surface area contributed by atoms with Gasteiger partial charge in [0.25, 0.3) is 0 Å². The highest BCUT2D eigenvalue weighted by Gasteiger charge is 2.23. The van der Waals surface area contributed by atoms with Crippen molar-refractivity contribution in [1.29, 1.82) is 0 Å². The number of rotatable bonds is 4. The van der Waals surface area contributed by atoms with Crippen LogP contribution in [0.25, 0.3) is 22.3 Å². The SMILES string of the molecule is CCc1nc2cccnc2n1Cc1ccc2c(c1)COc1ccccc1C2=C(C)c1noc(=O)[nH]1. The van der Waals surface area contributed by atoms with E-state index in [0.29, 0.717) is 19.0 Å². The molecule has 2 aromatic carbocycles. The van der Waals surface area contributed by atoms with Crippen LogP contribution in [-0.2, 0) is 19.6 Å². The summed E-state index contributed by atoms with van der Waals surface area (Å²) >= 11 is 0. The first-order valence-electron chi connectivity index (χ1n) is 11.5. The van der Waals surface area contributed by atoms with E-state index in [0.717, 1.165) is 62.6 Å². The first-order valence-corrected chi connectivity index (χ1v) is 11.5. The Labute approximate surface area is 200 Å². The minimum absolute atomic E-state index is 0.403. The van der Waals surface area contributed by atoms with Crippen molar-refractivity contribution in [1.82, 2.24) is 24.7 Å². The lowest BCUT2D eigenvalue weighted by molar-refractivity contribution is 0.307. The molecule has 0 fully saturated rings. The summed E-state index contributed by atoms with van der Waals surface area (Å²) in [6, 6.07) is 18.2. The van der Waals surface area contributed by atoms with Crippen molar-refractivity contribution >= 4 is 22.3 Å². The van der Waals surface area contributed by atoms with Gasteiger partial charge >= 0.3 is 5.76 Å². The van der Waals surface area contributed by atoms with Gasteiger partial charge in [-0.25, -0.2) is 14.8 Å². The average Bonchev–Trinajstić information content (AvgIpc) is 3.43. The molecule has 0 spiro atoms. The molecule has 1 aliphatic rings. The molecule has 0 atom stereocenters. The number of aryl methyl sites for hydroxylation is 1. The van der Waals surface area contributed by atoms with Crippen molar-refractivity contribution in [2.45, 2.75) is 33.4 Å². The van der Waals surface area contributed by atoms with E-state index in [1.54, 1.807) is 6.20 Å². The molecule has 1 aliphatic heterocycles. The summed E-state index contributed by atoms with van der Waals surface area (Å²) in [5, 5.41) is 3.92. The molecule has 1 N–H and O–H groups in total. The van der Waals surface area contributed by atoms with Crippen molar-refractivity contribution in [3.05, 3.63) is 105 Å². The zero-order valence-corrected chi connectivity index (χ0v) is 19.4. The fourth-order valence-corrected chi connectivity index (χ4v) is 4.75. The van der Waals surface area contributed by atoms with E-state index >= 15 is 0 Å². The first kappa shape index (κ1) is 21.1. The molecule has 0 aliphatic carbocycles. The van der Waals surface area contributed by atoms with Crippen LogP contribution in [0.5, 0.6) is 5.75 Å². The van der Waals surface area contributed by atoms with E-state index in [2.05, 4.69) is 44.8 Å². The number of nitrogens with one attached hydrogen (secondary N) is 1. The van der Waals surface area contributed by atoms with E-state index in [-0.39, 0.29) is 0 Å². The molecule has 0 amide bonds. The number of H-pyrrole nitrogens is 1. The van der Waals surface area contributed by atoms with Crippen LogP contribution in [0.15, 0.2) is 70.1 Å². The Morgan fingerprint density at radius 1 is 1.11 bits per heavy atom. The molecule has 3 aromatic heterocycles. The maximum atomic E-state index is 11.6. The van der Waals surface area contributed by atoms with E-state index in [9.17, 15) is 4.79 Å². The lowest BCUT2D eigenvalue weighted by Crippen LogP contribution is -2.07. The van der Waals surface area contributed by atoms with Gasteiger partial charge in [0.1, 0.15) is 23.7 Å². The van der Waals surface area contributed by atoms with E-state index in [1.807, 2.05) is 43.3 Å². The Hall–Kier alpha value is -4.46. The molecule has 5 aromatic rings. The van der Waals surface area contributed by atoms with Gasteiger partial charge in [-0.15, -0.1) is 0 Å². The zero-order valence-electron chi connectivity index (χ0n) is 19.4. The van der Waals surface area contributed by atoms with Crippen LogP contribution in [0.1, 0.15) is 47.8 Å². The standard InChI is InChI=1S/C27H23N5O3/c1-3-23-29-21-8-6-12-28-26(21)32(23)14-17-10-11-19-18(13-17)15-34-22-9-5-4-7-20(22)24(19)16(2)25-30-27(33)35-31-25/h4-13H,3,14-15H2,1-2H3,(H,30,31,33). The molecule has 0 saturated heterocycles. The second-order valence-electron chi connectivity index (χ2n) is 8.53. The van der Waals surface area contributed by atoms with Crippen molar-refractivity contribution < 1.29 is 9.26 Å². The summed E-state index contributed by atoms with van der Waals surface area (Å²) in [5.74, 6) is 1.61. The van der Waals surface area contributed by atoms with Crippen LogP contribution in [0.2, 0.25) is 0 Å². The van der Waals surface area contributed by atoms with E-state index in [4.69, 9.17) is 14.2 Å². The molecule has 174 valence electrons. The number of nitrogens with zero attached hydrogens (tertiary/aromatic N) is 4. The number of fused-ring (bicyclic) bond motifs is 3. The number of aromatic amines is 1. The first-order chi connectivity index (χ1) is 17.1. The number of aromatic nitrogens is 5. The molecule has 0 radical (unpaired) electrons. The van der Waals surface area contributed by atoms with Crippen LogP contribution in [0, 0.1) is 0 Å². The topological polar surface area (TPSA) is 98.8 Å². The summed E-state index contributed by atoms with van der Waals surface area (Å²) in [7, 11) is 0. The number of hydrogen-bond donors (Lipinski definition) is 1. The predicted octanol–water partition coefficient (Wildman–Crippen LogP) is 4.59. The third-order valence-electron chi connectivity index (χ3n) is 6.39. The van der Waals surface area contributed by atoms with Gasteiger partial charge in [-0.2, -0.15) is 0 Å². The van der Waals surface area contributed by atoms with Crippen molar-refractivity contribution in [2.24, 2.45) is 0 Å². The van der Waals surface area contributed by atoms with Gasteiger partial charge in [0.05, 0.1) is 6.54 Å². The number of para-hydroxylation sites is 1. The summed E-state index contributed by atoms with van der Waals surface area (Å²) in [6.07, 6.45) is 2.62. The maximum Gasteiger partial charge on any atom is 0.439 e. The van der Waals surface area contributed by atoms with E-state index < -0.39 is 5.76 Å². The Morgan fingerprint density at radius 2 is 2.00 bits per heavy atom. The van der Waals surface area contributed by atoms with Crippen LogP contribution in [0.3, 0.4) is 0 Å². The van der Waals surface area contributed by atoms with Crippen LogP contribution in [-0.4, -0.2) is 24.7 Å². The van der Waals surface area contributed by atoms with Gasteiger partial charge in [-0.1, -0.05) is 42.4 Å². The van der Waals surface area contributed by atoms with Gasteiger partial charge in [-0.05, 0) is 53.5 Å². The number of benzene rings is 2. The normalized spacial score (nSPS) is 14.2. The highest BCUT2D eigenvalue weighted by molar-refractivity contribution is 5.99. The highest BCUT2D eigenvalue weighted by atomic mass is 16.5. The number of imidazole rings is 1. The second-order valence-corrected chi connectivity index (χ2v) is 8.53. The summed E-state index contributed by atoms with van der Waals surface area (Å²) in [6.45, 7) is 5.12. The fourth-order valence-electron chi connectivity index (χ4n) is 4.75. The smallest absolute Gasteiger partial charge is 0.439 e. The minimum Gasteiger partial charge on any atom is -0.488 e. The fraction of sp³-hybridized carbons (Fsp3) is 0.185. The number of pyridine rings is 1. The van der Waals surface area contributed by atoms with Gasteiger partial charge < -0.3 is 9.30 Å². The average molecular weight is 466 g/mol. The Balaban J connectivity index is 1.49. The Kier molecular flexibility index (Phi) is 5.06. The largest absolute Gasteiger partial charge is 0.488 e. The van der Waals surface area contributed by atoms with E-state index in [1.165, 1.54) is 0 Å². The number of ether oxygens (including phenoxy) is 1. The quantitative estimate of drug-likeness (QED) is 0.417. The Morgan fingerprint density at radius 3 is 2.83 bits per heavy atom. The summed E-state index contributed by atoms with van der Waals surface area (Å²) in [5.41, 5.74) is 7.70. The van der Waals surface area contributed by atoms with Crippen molar-refractivity contribution in [3.63, 3.8) is 0 Å². The summed E-state index contributed by atoms with van der Waals surface area (Å²) < 4.78 is 13.2. The second kappa shape index (κ2) is 8.39. The predicted molar refractivity (Wildman–Crippen MR) is 132 cm³/mol. The third-order valence-corrected chi connectivity index (χ3v) is 6.39. The third kappa shape index (κ3) is 3.63. The zero-order chi connectivity index (χ0) is 23.9. The van der Waals surface area contributed by atoms with Crippen LogP contribution in [0.4, 0.5) is 0 Å². The lowest BCUT2D eigenvalue weighted by Gasteiger charge is -2.15. The molecule has 0 unspecified atom stereocenters. The van der Waals surface area contributed by atoms with Gasteiger partial charge in [0.15, 0.2) is 11.5 Å². The molecule has 0 saturated carbocycles. The molecule has 4 heterocycles. The maximum absolute atomic E-state index is 11.6. The summed E-state index contributed by atoms with van der Waals surface area (Å²) in [4.78, 5) is 23.6. The molecule has 35 heavy (non-hydrogen) atoms. The molecule has 8 nitrogen and oxygen atoms in total. The van der Waals surface area contributed by atoms with Gasteiger partial charge in [0, 0.05) is 23.8 Å². The van der Waals surface area contributed by atoms with Crippen molar-refractivity contribution in [3.8, 4) is 5.75 Å². The minimum atomic E-state index is -0.582. The number of hydrogen-bond acceptors (Lipinski definition) is 6. The van der Waals surface area contributed by atoms with Crippen LogP contribution >= 0.6 is 0 Å². The van der Waals surface area contributed by atoms with Gasteiger partial charge in [0.2, 0.25) is 0 Å². The van der Waals surface area contributed by atoms with Crippen molar-refractivity contribution in [2.75, 3.05) is 0 Å². The Bertz CT molecular complexity index is 1660. The van der Waals surface area contributed by atoms with Gasteiger partial charge in [-0.3, -0.25) is 9.51 Å². The lowest BCUT2D eigenvalue weighted by atomic mass is 9.89. The monoisotopic (exact) mass is 465 g/mol. The molecule has 8 heteroatoms. The molecular formula is C27H23N5O3. The number of allylic oxidation sites excluding steroid dienone is 1. The highest BCUT2D eigenvalue weighted by Crippen LogP contribution is 2.40. The van der Waals surface area contributed by atoms with Crippen LogP contribution < -0.4 is 10.5 Å². The molecular weight excluding hydrogens is 442 g/mol.